The molecule has 0 radical (unpaired) electrons. The smallest absolute Gasteiger partial charge is 0.254 e. The summed E-state index contributed by atoms with van der Waals surface area (Å²) < 4.78 is 0. The molecule has 1 aromatic carbocycles. The summed E-state index contributed by atoms with van der Waals surface area (Å²) >= 11 is 0. The molecule has 7 heteroatoms. The standard InChI is InChI=1S/C20H28N4O3/c1-21(2)16-7-5-6-14(10-16)19(26)23-11-15-8-9-17(12-23)24(20(15)27)13-18(25)22(3)4/h5-7,10,15,17H,8-9,11-13H2,1-4H3/t15-,17+/m0/s1. The van der Waals surface area contributed by atoms with Crippen molar-refractivity contribution in [3.8, 4) is 0 Å². The van der Waals surface area contributed by atoms with Gasteiger partial charge in [-0.05, 0) is 31.0 Å². The van der Waals surface area contributed by atoms with Crippen LogP contribution in [-0.4, -0.2) is 86.3 Å². The first-order valence-electron chi connectivity index (χ1n) is 9.35. The molecule has 0 spiro atoms. The van der Waals surface area contributed by atoms with Gasteiger partial charge in [-0.2, -0.15) is 0 Å². The fourth-order valence-electron chi connectivity index (χ4n) is 3.80. The van der Waals surface area contributed by atoms with Crippen LogP contribution < -0.4 is 4.90 Å². The van der Waals surface area contributed by atoms with Crippen molar-refractivity contribution in [1.82, 2.24) is 14.7 Å². The van der Waals surface area contributed by atoms with Crippen molar-refractivity contribution in [3.05, 3.63) is 29.8 Å². The van der Waals surface area contributed by atoms with E-state index in [0.717, 1.165) is 18.5 Å². The number of nitrogens with zero attached hydrogens (tertiary/aromatic N) is 4. The lowest BCUT2D eigenvalue weighted by molar-refractivity contribution is -0.145. The van der Waals surface area contributed by atoms with E-state index >= 15 is 0 Å². The summed E-state index contributed by atoms with van der Waals surface area (Å²) in [6.07, 6.45) is 1.61. The molecule has 3 aliphatic rings. The molecule has 3 fully saturated rings. The lowest BCUT2D eigenvalue weighted by Crippen LogP contribution is -2.51. The molecule has 3 saturated heterocycles. The van der Waals surface area contributed by atoms with E-state index in [-0.39, 0.29) is 36.2 Å². The summed E-state index contributed by atoms with van der Waals surface area (Å²) in [7, 11) is 7.26. The third-order valence-corrected chi connectivity index (χ3v) is 5.49. The second kappa shape index (κ2) is 7.58. The number of carbonyl (C=O) groups is 3. The zero-order chi connectivity index (χ0) is 19.7. The lowest BCUT2D eigenvalue weighted by atomic mass is 9.94. The van der Waals surface area contributed by atoms with Crippen LogP contribution in [0.15, 0.2) is 24.3 Å². The highest BCUT2D eigenvalue weighted by atomic mass is 16.2. The van der Waals surface area contributed by atoms with E-state index in [4.69, 9.17) is 0 Å². The molecule has 3 aliphatic heterocycles. The van der Waals surface area contributed by atoms with Crippen molar-refractivity contribution in [2.75, 3.05) is 52.7 Å². The Labute approximate surface area is 160 Å². The number of piperidine rings is 1. The van der Waals surface area contributed by atoms with E-state index in [1.54, 1.807) is 23.9 Å². The molecule has 2 atom stereocenters. The molecule has 3 heterocycles. The number of hydrogen-bond donors (Lipinski definition) is 0. The van der Waals surface area contributed by atoms with Crippen LogP contribution in [0.2, 0.25) is 0 Å². The van der Waals surface area contributed by atoms with Gasteiger partial charge < -0.3 is 19.6 Å². The fourth-order valence-corrected chi connectivity index (χ4v) is 3.80. The molecule has 4 rings (SSSR count). The van der Waals surface area contributed by atoms with Crippen LogP contribution in [0.3, 0.4) is 0 Å². The van der Waals surface area contributed by atoms with E-state index in [9.17, 15) is 14.4 Å². The van der Waals surface area contributed by atoms with E-state index in [2.05, 4.69) is 0 Å². The van der Waals surface area contributed by atoms with E-state index in [1.807, 2.05) is 43.3 Å². The Morgan fingerprint density at radius 1 is 1.11 bits per heavy atom. The summed E-state index contributed by atoms with van der Waals surface area (Å²) in [5.41, 5.74) is 1.60. The number of likely N-dealkylation sites (N-methyl/N-ethyl adjacent to an activating group) is 1. The molecule has 7 nitrogen and oxygen atoms in total. The lowest BCUT2D eigenvalue weighted by Gasteiger charge is -2.35. The van der Waals surface area contributed by atoms with Crippen LogP contribution in [0.25, 0.3) is 0 Å². The van der Waals surface area contributed by atoms with Gasteiger partial charge >= 0.3 is 0 Å². The quantitative estimate of drug-likeness (QED) is 0.788. The number of benzene rings is 1. The Hall–Kier alpha value is -2.57. The number of carbonyl (C=O) groups excluding carboxylic acids is 3. The minimum absolute atomic E-state index is 0.00112. The molecule has 2 bridgehead atoms. The summed E-state index contributed by atoms with van der Waals surface area (Å²) in [5.74, 6) is -0.366. The fraction of sp³-hybridized carbons (Fsp3) is 0.550. The largest absolute Gasteiger partial charge is 0.378 e. The molecule has 146 valence electrons. The van der Waals surface area contributed by atoms with Gasteiger partial charge in [0.2, 0.25) is 11.8 Å². The van der Waals surface area contributed by atoms with Crippen LogP contribution in [0, 0.1) is 5.92 Å². The highest BCUT2D eigenvalue weighted by Crippen LogP contribution is 2.30. The van der Waals surface area contributed by atoms with E-state index in [0.29, 0.717) is 18.7 Å². The summed E-state index contributed by atoms with van der Waals surface area (Å²) in [6, 6.07) is 7.44. The summed E-state index contributed by atoms with van der Waals surface area (Å²) in [6.45, 7) is 0.992. The van der Waals surface area contributed by atoms with E-state index in [1.165, 1.54) is 4.90 Å². The summed E-state index contributed by atoms with van der Waals surface area (Å²) in [4.78, 5) is 45.0. The Bertz CT molecular complexity index is 746. The maximum Gasteiger partial charge on any atom is 0.254 e. The summed E-state index contributed by atoms with van der Waals surface area (Å²) in [5, 5.41) is 0. The minimum atomic E-state index is -0.223. The molecule has 3 amide bonds. The number of anilines is 1. The minimum Gasteiger partial charge on any atom is -0.378 e. The van der Waals surface area contributed by atoms with Crippen LogP contribution in [0.5, 0.6) is 0 Å². The van der Waals surface area contributed by atoms with E-state index < -0.39 is 0 Å². The van der Waals surface area contributed by atoms with Crippen molar-refractivity contribution in [3.63, 3.8) is 0 Å². The predicted octanol–water partition coefficient (Wildman–Crippen LogP) is 0.904. The Kier molecular flexibility index (Phi) is 5.39. The Balaban J connectivity index is 1.80. The monoisotopic (exact) mass is 372 g/mol. The number of amides is 3. The maximum atomic E-state index is 13.1. The first-order chi connectivity index (χ1) is 12.8. The van der Waals surface area contributed by atoms with Gasteiger partial charge in [0.25, 0.3) is 5.91 Å². The van der Waals surface area contributed by atoms with Gasteiger partial charge in [-0.15, -0.1) is 0 Å². The number of rotatable bonds is 4. The topological polar surface area (TPSA) is 64.2 Å². The Morgan fingerprint density at radius 2 is 1.85 bits per heavy atom. The highest BCUT2D eigenvalue weighted by molar-refractivity contribution is 5.96. The SMILES string of the molecule is CN(C)C(=O)CN1C(=O)[C@H]2CC[C@@H]1CN(C(=O)c1cccc(N(C)C)c1)C2. The zero-order valence-corrected chi connectivity index (χ0v) is 16.5. The van der Waals surface area contributed by atoms with Crippen LogP contribution in [-0.2, 0) is 9.59 Å². The molecule has 0 saturated carbocycles. The van der Waals surface area contributed by atoms with Gasteiger partial charge in [-0.1, -0.05) is 6.07 Å². The molecule has 0 aromatic heterocycles. The first kappa shape index (κ1) is 19.2. The number of hydrogen-bond acceptors (Lipinski definition) is 4. The zero-order valence-electron chi connectivity index (χ0n) is 16.5. The molecule has 1 aromatic rings. The third kappa shape index (κ3) is 3.91. The average molecular weight is 372 g/mol. The van der Waals surface area contributed by atoms with Gasteiger partial charge in [0.1, 0.15) is 6.54 Å². The molecular formula is C20H28N4O3. The van der Waals surface area contributed by atoms with Crippen molar-refractivity contribution in [2.24, 2.45) is 5.92 Å². The van der Waals surface area contributed by atoms with Gasteiger partial charge in [-0.25, -0.2) is 0 Å². The third-order valence-electron chi connectivity index (χ3n) is 5.49. The molecule has 0 unspecified atom stereocenters. The van der Waals surface area contributed by atoms with Crippen LogP contribution in [0.1, 0.15) is 23.2 Å². The van der Waals surface area contributed by atoms with Crippen molar-refractivity contribution >= 4 is 23.4 Å². The average Bonchev–Trinajstić information content (AvgIpc) is 2.93. The van der Waals surface area contributed by atoms with Gasteiger partial charge in [0.15, 0.2) is 0 Å². The molecule has 0 N–H and O–H groups in total. The molecule has 27 heavy (non-hydrogen) atoms. The van der Waals surface area contributed by atoms with Crippen molar-refractivity contribution < 1.29 is 14.4 Å². The second-order valence-corrected chi connectivity index (χ2v) is 7.84. The van der Waals surface area contributed by atoms with Crippen molar-refractivity contribution in [2.45, 2.75) is 18.9 Å². The van der Waals surface area contributed by atoms with Gasteiger partial charge in [-0.3, -0.25) is 14.4 Å². The second-order valence-electron chi connectivity index (χ2n) is 7.84. The predicted molar refractivity (Wildman–Crippen MR) is 104 cm³/mol. The normalized spacial score (nSPS) is 21.9. The Morgan fingerprint density at radius 3 is 2.52 bits per heavy atom. The highest BCUT2D eigenvalue weighted by Gasteiger charge is 2.42. The van der Waals surface area contributed by atoms with Crippen molar-refractivity contribution in [1.29, 1.82) is 0 Å². The first-order valence-corrected chi connectivity index (χ1v) is 9.35. The number of fused-ring (bicyclic) bond motifs is 4. The van der Waals surface area contributed by atoms with Crippen LogP contribution in [0.4, 0.5) is 5.69 Å². The van der Waals surface area contributed by atoms with Gasteiger partial charge in [0.05, 0.1) is 5.92 Å². The van der Waals surface area contributed by atoms with Crippen LogP contribution >= 0.6 is 0 Å². The molecular weight excluding hydrogens is 344 g/mol. The maximum absolute atomic E-state index is 13.1. The molecule has 0 aliphatic carbocycles. The van der Waals surface area contributed by atoms with Gasteiger partial charge in [0, 0.05) is 58.6 Å².